The molecule has 0 aromatic heterocycles. The molecule has 5 fully saturated rings. The van der Waals surface area contributed by atoms with E-state index in [1.54, 1.807) is 4.90 Å². The molecule has 5 saturated heterocycles. The van der Waals surface area contributed by atoms with Gasteiger partial charge in [-0.1, -0.05) is 178 Å². The van der Waals surface area contributed by atoms with Crippen LogP contribution in [0.15, 0.2) is 60.7 Å². The molecule has 7 rings (SSSR count). The maximum atomic E-state index is 15.8. The molecule has 5 aliphatic rings. The number of rotatable bonds is 27. The molecule has 2 aromatic rings. The Morgan fingerprint density at radius 2 is 0.857 bits per heavy atom. The molecule has 11 heteroatoms. The number of amides is 6. The zero-order valence-corrected chi connectivity index (χ0v) is 49.7. The molecule has 11 nitrogen and oxygen atoms in total. The van der Waals surface area contributed by atoms with Crippen LogP contribution in [0.4, 0.5) is 0 Å². The zero-order valence-electron chi connectivity index (χ0n) is 49.7. The molecule has 426 valence electrons. The summed E-state index contributed by atoms with van der Waals surface area (Å²) >= 11 is 0. The molecule has 6 unspecified atom stereocenters. The van der Waals surface area contributed by atoms with Gasteiger partial charge in [-0.15, -0.1) is 0 Å². The van der Waals surface area contributed by atoms with Gasteiger partial charge in [0, 0.05) is 70.4 Å². The molecule has 5 heterocycles. The third-order valence-corrected chi connectivity index (χ3v) is 18.9. The number of piperidine rings is 2. The van der Waals surface area contributed by atoms with E-state index in [0.29, 0.717) is 38.6 Å². The van der Waals surface area contributed by atoms with Crippen molar-refractivity contribution in [2.45, 2.75) is 275 Å². The second-order valence-electron chi connectivity index (χ2n) is 28.0. The number of imide groups is 3. The number of carbonyl (C=O) groups is 6. The van der Waals surface area contributed by atoms with Gasteiger partial charge in [0.1, 0.15) is 0 Å². The predicted molar refractivity (Wildman–Crippen MR) is 309 cm³/mol. The first-order valence-corrected chi connectivity index (χ1v) is 30.6. The summed E-state index contributed by atoms with van der Waals surface area (Å²) in [5.74, 6) is -4.59. The van der Waals surface area contributed by atoms with E-state index >= 15 is 14.4 Å². The Labute approximate surface area is 465 Å². The van der Waals surface area contributed by atoms with Crippen LogP contribution >= 0.6 is 0 Å². The van der Waals surface area contributed by atoms with Crippen LogP contribution in [0.25, 0.3) is 0 Å². The Balaban J connectivity index is 1.16. The highest BCUT2D eigenvalue weighted by Gasteiger charge is 2.62. The van der Waals surface area contributed by atoms with Crippen molar-refractivity contribution in [1.82, 2.24) is 25.3 Å². The summed E-state index contributed by atoms with van der Waals surface area (Å²) in [6.45, 7) is 23.6. The van der Waals surface area contributed by atoms with Crippen LogP contribution in [0.1, 0.15) is 241 Å². The van der Waals surface area contributed by atoms with E-state index in [2.05, 4.69) is 72.9 Å². The molecule has 5 aliphatic heterocycles. The number of benzene rings is 2. The third kappa shape index (κ3) is 14.4. The average molecular weight is 1060 g/mol. The van der Waals surface area contributed by atoms with E-state index in [9.17, 15) is 14.4 Å². The van der Waals surface area contributed by atoms with Gasteiger partial charge in [-0.3, -0.25) is 43.5 Å². The fraction of sp³-hybridized carbons (Fsp3) is 0.727. The number of likely N-dealkylation sites (tertiary alicyclic amines) is 3. The standard InChI is InChI=1S/C66H101N5O6/c1-12-13-14-15-16-17-18-19-20-21-22-23-24-25-26-33-38-69-58(75)52(46-65(10,48-34-29-27-30-35-48)53-40-55(73)71(59(53)76)51-44-63(6,7)68-64(8,9)45-51)56(60(69)77)66(11,49-36-31-28-32-37-49)41-47-39-54(72)70(57(47)74)50-42-61(2,3)67-62(4,5)43-50/h27-32,34-37,47,50-53,56,67-68H,12-26,33,38-46H2,1-11H3. The number of hydrogen-bond donors (Lipinski definition) is 2. The van der Waals surface area contributed by atoms with Crippen molar-refractivity contribution in [2.24, 2.45) is 23.7 Å². The van der Waals surface area contributed by atoms with Crippen molar-refractivity contribution in [1.29, 1.82) is 0 Å². The molecule has 6 amide bonds. The molecular weight excluding hydrogens is 959 g/mol. The van der Waals surface area contributed by atoms with Gasteiger partial charge in [-0.25, -0.2) is 0 Å². The topological polar surface area (TPSA) is 136 Å². The first kappa shape index (κ1) is 60.4. The highest BCUT2D eigenvalue weighted by atomic mass is 16.2. The maximum Gasteiger partial charge on any atom is 0.233 e. The molecule has 0 spiro atoms. The van der Waals surface area contributed by atoms with Gasteiger partial charge < -0.3 is 10.6 Å². The molecule has 77 heavy (non-hydrogen) atoms. The molecule has 0 radical (unpaired) electrons. The number of carbonyl (C=O) groups excluding carboxylic acids is 6. The van der Waals surface area contributed by atoms with Crippen molar-refractivity contribution in [3.8, 4) is 0 Å². The predicted octanol–water partition coefficient (Wildman–Crippen LogP) is 12.9. The number of nitrogens with zero attached hydrogens (tertiary/aromatic N) is 3. The van der Waals surface area contributed by atoms with Gasteiger partial charge in [0.25, 0.3) is 0 Å². The molecule has 2 N–H and O–H groups in total. The number of nitrogens with one attached hydrogen (secondary N) is 2. The highest BCUT2D eigenvalue weighted by Crippen LogP contribution is 2.54. The largest absolute Gasteiger partial charge is 0.307 e. The Morgan fingerprint density at radius 3 is 1.30 bits per heavy atom. The lowest BCUT2D eigenvalue weighted by Gasteiger charge is -2.48. The van der Waals surface area contributed by atoms with Crippen LogP contribution in [0.5, 0.6) is 0 Å². The smallest absolute Gasteiger partial charge is 0.233 e. The Hall–Kier alpha value is -4.22. The second-order valence-corrected chi connectivity index (χ2v) is 28.0. The zero-order chi connectivity index (χ0) is 56.0. The lowest BCUT2D eigenvalue weighted by molar-refractivity contribution is -0.146. The summed E-state index contributed by atoms with van der Waals surface area (Å²) in [4.78, 5) is 95.0. The summed E-state index contributed by atoms with van der Waals surface area (Å²) in [6.07, 6.45) is 22.5. The Bertz CT molecular complexity index is 2330. The van der Waals surface area contributed by atoms with E-state index in [1.807, 2.05) is 74.5 Å². The van der Waals surface area contributed by atoms with Gasteiger partial charge in [0.15, 0.2) is 0 Å². The Morgan fingerprint density at radius 1 is 0.468 bits per heavy atom. The minimum Gasteiger partial charge on any atom is -0.307 e. The van der Waals surface area contributed by atoms with Gasteiger partial charge in [-0.2, -0.15) is 0 Å². The highest BCUT2D eigenvalue weighted by molar-refractivity contribution is 6.07. The minimum atomic E-state index is -1.07. The minimum absolute atomic E-state index is 0.00617. The number of unbranched alkanes of at least 4 members (excludes halogenated alkanes) is 15. The molecule has 6 atom stereocenters. The number of hydrogen-bond acceptors (Lipinski definition) is 8. The van der Waals surface area contributed by atoms with E-state index < -0.39 is 34.5 Å². The Kier molecular flexibility index (Phi) is 19.7. The molecular formula is C66H101N5O6. The van der Waals surface area contributed by atoms with Crippen LogP contribution in [-0.4, -0.2) is 90.9 Å². The van der Waals surface area contributed by atoms with E-state index in [4.69, 9.17) is 0 Å². The third-order valence-electron chi connectivity index (χ3n) is 18.9. The second kappa shape index (κ2) is 25.1. The fourth-order valence-corrected chi connectivity index (χ4v) is 15.9. The van der Waals surface area contributed by atoms with Gasteiger partial charge in [0.2, 0.25) is 35.4 Å². The van der Waals surface area contributed by atoms with Crippen molar-refractivity contribution in [2.75, 3.05) is 6.54 Å². The summed E-state index contributed by atoms with van der Waals surface area (Å²) in [5.41, 5.74) is -1.63. The van der Waals surface area contributed by atoms with E-state index in [1.165, 1.54) is 86.8 Å². The lowest BCUT2D eigenvalue weighted by Crippen LogP contribution is -2.63. The van der Waals surface area contributed by atoms with E-state index in [-0.39, 0.29) is 95.4 Å². The van der Waals surface area contributed by atoms with Crippen molar-refractivity contribution in [3.63, 3.8) is 0 Å². The SMILES string of the molecule is CCCCCCCCCCCCCCCCCCN1C(=O)C(CC(C)(c2ccccc2)C2CC(=O)N(C3CC(C)(C)NC(C)(C)C3)C2=O)C(C(C)(CC2CC(=O)N(C3CC(C)(C)NC(C)(C)C3)C2=O)c2ccccc2)C1=O. The molecule has 0 aliphatic carbocycles. The lowest BCUT2D eigenvalue weighted by atomic mass is 9.58. The van der Waals surface area contributed by atoms with Gasteiger partial charge in [0.05, 0.1) is 17.8 Å². The molecule has 0 bridgehead atoms. The first-order chi connectivity index (χ1) is 36.3. The van der Waals surface area contributed by atoms with Crippen LogP contribution < -0.4 is 10.6 Å². The van der Waals surface area contributed by atoms with Crippen molar-refractivity contribution >= 4 is 35.4 Å². The van der Waals surface area contributed by atoms with E-state index in [0.717, 1.165) is 30.4 Å². The van der Waals surface area contributed by atoms with Crippen molar-refractivity contribution < 1.29 is 28.8 Å². The monoisotopic (exact) mass is 1060 g/mol. The van der Waals surface area contributed by atoms with Gasteiger partial charge >= 0.3 is 0 Å². The van der Waals surface area contributed by atoms with Crippen molar-refractivity contribution in [3.05, 3.63) is 71.8 Å². The fourth-order valence-electron chi connectivity index (χ4n) is 15.9. The maximum absolute atomic E-state index is 15.8. The molecule has 0 saturated carbocycles. The van der Waals surface area contributed by atoms with Crippen LogP contribution in [0, 0.1) is 23.7 Å². The summed E-state index contributed by atoms with van der Waals surface area (Å²) in [7, 11) is 0. The van der Waals surface area contributed by atoms with Crippen LogP contribution in [0.3, 0.4) is 0 Å². The molecule has 2 aromatic carbocycles. The quantitative estimate of drug-likeness (QED) is 0.0667. The first-order valence-electron chi connectivity index (χ1n) is 30.6. The van der Waals surface area contributed by atoms with Crippen LogP contribution in [-0.2, 0) is 39.6 Å². The van der Waals surface area contributed by atoms with Crippen LogP contribution in [0.2, 0.25) is 0 Å². The summed E-state index contributed by atoms with van der Waals surface area (Å²) in [5, 5.41) is 7.41. The summed E-state index contributed by atoms with van der Waals surface area (Å²) in [6, 6.07) is 19.1. The van der Waals surface area contributed by atoms with Gasteiger partial charge in [-0.05, 0) is 111 Å². The summed E-state index contributed by atoms with van der Waals surface area (Å²) < 4.78 is 0. The average Bonchev–Trinajstić information content (AvgIpc) is 3.99. The normalized spacial score (nSPS) is 26.2.